The highest BCUT2D eigenvalue weighted by Crippen LogP contribution is 2.27. The number of aromatic nitrogens is 1. The third-order valence-electron chi connectivity index (χ3n) is 4.46. The zero-order valence-corrected chi connectivity index (χ0v) is 18.0. The summed E-state index contributed by atoms with van der Waals surface area (Å²) in [5.41, 5.74) is 4.28. The Labute approximate surface area is 180 Å². The van der Waals surface area contributed by atoms with Gasteiger partial charge in [0, 0.05) is 10.9 Å². The Hall–Kier alpha value is -3.81. The first kappa shape index (κ1) is 21.9. The summed E-state index contributed by atoms with van der Waals surface area (Å²) in [6, 6.07) is 12.4. The SMILES string of the molecule is CCCOc1ccc2nc(OC)c(C=NNC(=O)c3ccc(OC)c(OC)c3)cc2c1. The van der Waals surface area contributed by atoms with Gasteiger partial charge in [-0.05, 0) is 48.9 Å². The molecule has 0 fully saturated rings. The molecular formula is C23H25N3O5. The van der Waals surface area contributed by atoms with E-state index in [1.807, 2.05) is 24.3 Å². The average Bonchev–Trinajstić information content (AvgIpc) is 2.81. The lowest BCUT2D eigenvalue weighted by atomic mass is 10.1. The number of methoxy groups -OCH3 is 3. The molecule has 0 bridgehead atoms. The number of pyridine rings is 1. The number of benzene rings is 2. The lowest BCUT2D eigenvalue weighted by molar-refractivity contribution is 0.0954. The molecule has 0 saturated heterocycles. The van der Waals surface area contributed by atoms with Gasteiger partial charge in [0.05, 0.1) is 45.2 Å². The van der Waals surface area contributed by atoms with Crippen LogP contribution in [-0.4, -0.2) is 45.0 Å². The smallest absolute Gasteiger partial charge is 0.271 e. The van der Waals surface area contributed by atoms with Crippen molar-refractivity contribution in [3.05, 3.63) is 53.6 Å². The normalized spacial score (nSPS) is 10.8. The van der Waals surface area contributed by atoms with Crippen molar-refractivity contribution in [2.24, 2.45) is 5.10 Å². The maximum Gasteiger partial charge on any atom is 0.271 e. The van der Waals surface area contributed by atoms with Crippen molar-refractivity contribution in [2.45, 2.75) is 13.3 Å². The lowest BCUT2D eigenvalue weighted by Crippen LogP contribution is -2.17. The lowest BCUT2D eigenvalue weighted by Gasteiger charge is -2.09. The molecule has 1 heterocycles. The van der Waals surface area contributed by atoms with E-state index < -0.39 is 0 Å². The highest BCUT2D eigenvalue weighted by atomic mass is 16.5. The molecule has 0 unspecified atom stereocenters. The molecule has 0 saturated carbocycles. The van der Waals surface area contributed by atoms with Crippen molar-refractivity contribution in [3.8, 4) is 23.1 Å². The number of nitrogens with one attached hydrogen (secondary N) is 1. The molecule has 0 aliphatic heterocycles. The summed E-state index contributed by atoms with van der Waals surface area (Å²) in [7, 11) is 4.58. The van der Waals surface area contributed by atoms with Crippen LogP contribution in [0.1, 0.15) is 29.3 Å². The fourth-order valence-corrected chi connectivity index (χ4v) is 2.92. The van der Waals surface area contributed by atoms with Gasteiger partial charge < -0.3 is 18.9 Å². The first-order chi connectivity index (χ1) is 15.1. The van der Waals surface area contributed by atoms with E-state index in [1.54, 1.807) is 18.2 Å². The van der Waals surface area contributed by atoms with Crippen LogP contribution in [-0.2, 0) is 0 Å². The highest BCUT2D eigenvalue weighted by molar-refractivity contribution is 5.96. The fourth-order valence-electron chi connectivity index (χ4n) is 2.92. The molecule has 8 nitrogen and oxygen atoms in total. The maximum absolute atomic E-state index is 12.4. The number of fused-ring (bicyclic) bond motifs is 1. The topological polar surface area (TPSA) is 91.3 Å². The minimum absolute atomic E-state index is 0.385. The van der Waals surface area contributed by atoms with E-state index in [1.165, 1.54) is 27.5 Å². The Morgan fingerprint density at radius 1 is 1.03 bits per heavy atom. The molecule has 0 atom stereocenters. The summed E-state index contributed by atoms with van der Waals surface area (Å²) < 4.78 is 21.5. The Kier molecular flexibility index (Phi) is 7.26. The van der Waals surface area contributed by atoms with E-state index in [-0.39, 0.29) is 5.91 Å². The largest absolute Gasteiger partial charge is 0.494 e. The first-order valence-corrected chi connectivity index (χ1v) is 9.76. The maximum atomic E-state index is 12.4. The molecule has 0 radical (unpaired) electrons. The number of carbonyl (C=O) groups is 1. The van der Waals surface area contributed by atoms with E-state index in [4.69, 9.17) is 18.9 Å². The van der Waals surface area contributed by atoms with E-state index in [0.29, 0.717) is 35.1 Å². The molecule has 8 heteroatoms. The van der Waals surface area contributed by atoms with E-state index in [0.717, 1.165) is 23.1 Å². The van der Waals surface area contributed by atoms with Gasteiger partial charge in [0.1, 0.15) is 5.75 Å². The van der Waals surface area contributed by atoms with Crippen molar-refractivity contribution >= 4 is 23.0 Å². The van der Waals surface area contributed by atoms with Crippen LogP contribution in [0.5, 0.6) is 23.1 Å². The van der Waals surface area contributed by atoms with Crippen LogP contribution in [0.15, 0.2) is 47.6 Å². The van der Waals surface area contributed by atoms with Crippen LogP contribution < -0.4 is 24.4 Å². The molecule has 1 amide bonds. The molecule has 0 aliphatic rings. The van der Waals surface area contributed by atoms with Crippen molar-refractivity contribution < 1.29 is 23.7 Å². The predicted octanol–water partition coefficient (Wildman–Crippen LogP) is 3.81. The summed E-state index contributed by atoms with van der Waals surface area (Å²) in [4.78, 5) is 16.9. The molecule has 3 rings (SSSR count). The van der Waals surface area contributed by atoms with Gasteiger partial charge >= 0.3 is 0 Å². The van der Waals surface area contributed by atoms with Crippen LogP contribution in [0.25, 0.3) is 10.9 Å². The zero-order chi connectivity index (χ0) is 22.2. The van der Waals surface area contributed by atoms with Gasteiger partial charge in [0.2, 0.25) is 5.88 Å². The predicted molar refractivity (Wildman–Crippen MR) is 119 cm³/mol. The number of ether oxygens (including phenoxy) is 4. The van der Waals surface area contributed by atoms with Gasteiger partial charge in [-0.25, -0.2) is 10.4 Å². The first-order valence-electron chi connectivity index (χ1n) is 9.76. The Bertz CT molecular complexity index is 1100. The Morgan fingerprint density at radius 2 is 1.84 bits per heavy atom. The molecule has 0 aliphatic carbocycles. The number of rotatable bonds is 9. The zero-order valence-electron chi connectivity index (χ0n) is 18.0. The second kappa shape index (κ2) is 10.3. The average molecular weight is 423 g/mol. The van der Waals surface area contributed by atoms with Crippen LogP contribution in [0, 0.1) is 0 Å². The standard InChI is InChI=1S/C23H25N3O5/c1-5-10-31-18-7-8-19-16(12-18)11-17(23(25-19)30-4)14-24-26-22(27)15-6-9-20(28-2)21(13-15)29-3/h6-9,11-14H,5,10H2,1-4H3,(H,26,27). The van der Waals surface area contributed by atoms with Crippen molar-refractivity contribution in [3.63, 3.8) is 0 Å². The van der Waals surface area contributed by atoms with Gasteiger partial charge in [-0.2, -0.15) is 5.10 Å². The molecule has 2 aromatic carbocycles. The van der Waals surface area contributed by atoms with E-state index in [2.05, 4.69) is 22.4 Å². The monoisotopic (exact) mass is 423 g/mol. The Balaban J connectivity index is 1.80. The third-order valence-corrected chi connectivity index (χ3v) is 4.46. The number of carbonyl (C=O) groups excluding carboxylic acids is 1. The molecule has 1 aromatic heterocycles. The highest BCUT2D eigenvalue weighted by Gasteiger charge is 2.11. The van der Waals surface area contributed by atoms with Gasteiger partial charge in [-0.1, -0.05) is 6.92 Å². The summed E-state index contributed by atoms with van der Waals surface area (Å²) in [6.45, 7) is 2.70. The van der Waals surface area contributed by atoms with E-state index in [9.17, 15) is 4.79 Å². The minimum Gasteiger partial charge on any atom is -0.494 e. The number of hydrazone groups is 1. The second-order valence-corrected chi connectivity index (χ2v) is 6.56. The van der Waals surface area contributed by atoms with Crippen molar-refractivity contribution in [2.75, 3.05) is 27.9 Å². The number of amides is 1. The molecule has 1 N–H and O–H groups in total. The van der Waals surface area contributed by atoms with Gasteiger partial charge in [0.15, 0.2) is 11.5 Å². The number of hydrogen-bond donors (Lipinski definition) is 1. The summed E-state index contributed by atoms with van der Waals surface area (Å²) in [6.07, 6.45) is 2.42. The van der Waals surface area contributed by atoms with Crippen LogP contribution in [0.2, 0.25) is 0 Å². The van der Waals surface area contributed by atoms with Crippen LogP contribution >= 0.6 is 0 Å². The number of nitrogens with zero attached hydrogens (tertiary/aromatic N) is 2. The minimum atomic E-state index is -0.389. The third kappa shape index (κ3) is 5.22. The van der Waals surface area contributed by atoms with Gasteiger partial charge in [0.25, 0.3) is 5.91 Å². The Morgan fingerprint density at radius 3 is 2.55 bits per heavy atom. The summed E-state index contributed by atoms with van der Waals surface area (Å²) in [5.74, 6) is 1.78. The van der Waals surface area contributed by atoms with Crippen molar-refractivity contribution in [1.29, 1.82) is 0 Å². The molecule has 0 spiro atoms. The molecular weight excluding hydrogens is 398 g/mol. The number of hydrogen-bond acceptors (Lipinski definition) is 7. The molecule has 3 aromatic rings. The molecule has 31 heavy (non-hydrogen) atoms. The summed E-state index contributed by atoms with van der Waals surface area (Å²) in [5, 5.41) is 4.93. The quantitative estimate of drug-likeness (QED) is 0.416. The van der Waals surface area contributed by atoms with Crippen molar-refractivity contribution in [1.82, 2.24) is 10.4 Å². The van der Waals surface area contributed by atoms with E-state index >= 15 is 0 Å². The second-order valence-electron chi connectivity index (χ2n) is 6.56. The van der Waals surface area contributed by atoms with Gasteiger partial charge in [-0.3, -0.25) is 4.79 Å². The van der Waals surface area contributed by atoms with Crippen LogP contribution in [0.4, 0.5) is 0 Å². The fraction of sp³-hybridized carbons (Fsp3) is 0.261. The van der Waals surface area contributed by atoms with Crippen LogP contribution in [0.3, 0.4) is 0 Å². The molecule has 162 valence electrons. The van der Waals surface area contributed by atoms with Gasteiger partial charge in [-0.15, -0.1) is 0 Å². The summed E-state index contributed by atoms with van der Waals surface area (Å²) >= 11 is 0.